The number of carbonyl (C=O) groups is 1. The van der Waals surface area contributed by atoms with Crippen LogP contribution in [0.4, 0.5) is 11.8 Å². The molecule has 2 aromatic rings. The van der Waals surface area contributed by atoms with Crippen LogP contribution in [0.1, 0.15) is 29.8 Å². The van der Waals surface area contributed by atoms with Gasteiger partial charge >= 0.3 is 0 Å². The highest BCUT2D eigenvalue weighted by Crippen LogP contribution is 2.38. The fourth-order valence-corrected chi connectivity index (χ4v) is 3.47. The molecule has 1 aromatic heterocycles. The lowest BCUT2D eigenvalue weighted by Crippen LogP contribution is -2.29. The number of nitrogen functional groups attached to an aromatic ring is 1. The van der Waals surface area contributed by atoms with Gasteiger partial charge in [-0.3, -0.25) is 4.79 Å². The summed E-state index contributed by atoms with van der Waals surface area (Å²) in [5.74, 6) is -0.216. The average molecular weight is 395 g/mol. The predicted molar refractivity (Wildman–Crippen MR) is 104 cm³/mol. The van der Waals surface area contributed by atoms with Crippen molar-refractivity contribution in [3.63, 3.8) is 0 Å². The maximum atomic E-state index is 12.1. The maximum Gasteiger partial charge on any atom is 0.268 e. The largest absolute Gasteiger partial charge is 0.383 e. The van der Waals surface area contributed by atoms with Gasteiger partial charge in [0.1, 0.15) is 11.5 Å². The van der Waals surface area contributed by atoms with E-state index in [9.17, 15) is 4.79 Å². The monoisotopic (exact) mass is 394 g/mol. The zero-order valence-corrected chi connectivity index (χ0v) is 15.6. The molecule has 0 bridgehead atoms. The molecule has 0 saturated carbocycles. The number of carbonyl (C=O) groups excluding carboxylic acids is 1. The number of primary amides is 1. The Hall–Kier alpha value is -2.09. The summed E-state index contributed by atoms with van der Waals surface area (Å²) in [7, 11) is 0. The van der Waals surface area contributed by atoms with E-state index in [1.165, 1.54) is 0 Å². The van der Waals surface area contributed by atoms with Crippen LogP contribution >= 0.6 is 23.2 Å². The zero-order valence-electron chi connectivity index (χ0n) is 14.1. The Bertz CT molecular complexity index is 844. The first-order chi connectivity index (χ1) is 12.4. The molecule has 3 rings (SSSR count). The number of nitrogens with two attached hydrogens (primary N) is 3. The minimum absolute atomic E-state index is 0.0187. The van der Waals surface area contributed by atoms with Gasteiger partial charge in [0.25, 0.3) is 5.91 Å². The van der Waals surface area contributed by atoms with Crippen molar-refractivity contribution in [3.8, 4) is 11.1 Å². The number of hydrogen-bond acceptors (Lipinski definition) is 6. The van der Waals surface area contributed by atoms with Crippen molar-refractivity contribution in [2.45, 2.75) is 25.3 Å². The lowest BCUT2D eigenvalue weighted by atomic mass is 10.0. The molecule has 26 heavy (non-hydrogen) atoms. The fourth-order valence-electron chi connectivity index (χ4n) is 3.07. The highest BCUT2D eigenvalue weighted by molar-refractivity contribution is 6.44. The molecule has 1 atom stereocenters. The van der Waals surface area contributed by atoms with E-state index in [1.54, 1.807) is 18.2 Å². The lowest BCUT2D eigenvalue weighted by molar-refractivity contribution is 0.0996. The van der Waals surface area contributed by atoms with Crippen LogP contribution in [0, 0.1) is 0 Å². The normalized spacial score (nSPS) is 17.8. The van der Waals surface area contributed by atoms with Crippen LogP contribution in [0.15, 0.2) is 18.2 Å². The van der Waals surface area contributed by atoms with Crippen LogP contribution in [-0.2, 0) is 0 Å². The molecule has 138 valence electrons. The third-order valence-corrected chi connectivity index (χ3v) is 5.25. The Kier molecular flexibility index (Phi) is 5.50. The Morgan fingerprint density at radius 3 is 2.69 bits per heavy atom. The molecule has 9 heteroatoms. The first-order valence-electron chi connectivity index (χ1n) is 8.30. The van der Waals surface area contributed by atoms with Crippen LogP contribution < -0.4 is 22.1 Å². The average Bonchev–Trinajstić information content (AvgIpc) is 2.81. The van der Waals surface area contributed by atoms with Gasteiger partial charge < -0.3 is 22.1 Å². The van der Waals surface area contributed by atoms with Crippen LogP contribution in [0.25, 0.3) is 11.1 Å². The number of amides is 1. The van der Waals surface area contributed by atoms with Gasteiger partial charge in [-0.05, 0) is 25.3 Å². The summed E-state index contributed by atoms with van der Waals surface area (Å²) in [6.07, 6.45) is 2.67. The summed E-state index contributed by atoms with van der Waals surface area (Å²) in [5, 5.41) is 0.602. The maximum absolute atomic E-state index is 12.1. The standard InChI is InChI=1S/C17H20Cl2N6O/c18-11-5-1-4-10(13(11)19)12-14(16(22)26)23-17(24-15(12)21)25-7-2-3-9(20)6-8-25/h1,4-5,9H,2-3,6-8,20H2,(H2,22,26)(H2,21,23,24). The van der Waals surface area contributed by atoms with Crippen LogP contribution in [0.3, 0.4) is 0 Å². The van der Waals surface area contributed by atoms with Crippen molar-refractivity contribution >= 4 is 40.9 Å². The molecule has 0 radical (unpaired) electrons. The molecule has 0 aliphatic carbocycles. The lowest BCUT2D eigenvalue weighted by Gasteiger charge is -2.22. The summed E-state index contributed by atoms with van der Waals surface area (Å²) in [5.41, 5.74) is 18.5. The number of anilines is 2. The number of hydrogen-bond donors (Lipinski definition) is 3. The SMILES string of the molecule is NC(=O)c1nc(N2CCCC(N)CC2)nc(N)c1-c1cccc(Cl)c1Cl. The second kappa shape index (κ2) is 7.65. The van der Waals surface area contributed by atoms with E-state index < -0.39 is 5.91 Å². The molecular weight excluding hydrogens is 375 g/mol. The number of halogens is 2. The van der Waals surface area contributed by atoms with Crippen molar-refractivity contribution in [2.75, 3.05) is 23.7 Å². The molecule has 1 aromatic carbocycles. The third-order valence-electron chi connectivity index (χ3n) is 4.44. The molecule has 1 unspecified atom stereocenters. The summed E-state index contributed by atoms with van der Waals surface area (Å²) in [6, 6.07) is 5.19. The van der Waals surface area contributed by atoms with E-state index in [0.29, 0.717) is 28.6 Å². The van der Waals surface area contributed by atoms with Gasteiger partial charge in [-0.15, -0.1) is 0 Å². The van der Waals surface area contributed by atoms with Gasteiger partial charge in [-0.2, -0.15) is 4.98 Å². The number of benzene rings is 1. The molecule has 2 heterocycles. The summed E-state index contributed by atoms with van der Waals surface area (Å²) in [4.78, 5) is 22.8. The van der Waals surface area contributed by atoms with E-state index in [-0.39, 0.29) is 22.6 Å². The minimum atomic E-state index is -0.710. The molecule has 6 N–H and O–H groups in total. The smallest absolute Gasteiger partial charge is 0.268 e. The van der Waals surface area contributed by atoms with Crippen molar-refractivity contribution < 1.29 is 4.79 Å². The van der Waals surface area contributed by atoms with E-state index in [1.807, 2.05) is 4.90 Å². The van der Waals surface area contributed by atoms with Gasteiger partial charge in [0.2, 0.25) is 5.95 Å². The van der Waals surface area contributed by atoms with Gasteiger partial charge in [0.15, 0.2) is 0 Å². The number of aromatic nitrogens is 2. The molecule has 7 nitrogen and oxygen atoms in total. The molecular formula is C17H20Cl2N6O. The summed E-state index contributed by atoms with van der Waals surface area (Å²) >= 11 is 12.4. The van der Waals surface area contributed by atoms with Crippen molar-refractivity contribution in [1.29, 1.82) is 0 Å². The third kappa shape index (κ3) is 3.70. The van der Waals surface area contributed by atoms with Crippen LogP contribution in [0.2, 0.25) is 10.0 Å². The quantitative estimate of drug-likeness (QED) is 0.733. The number of nitrogens with zero attached hydrogens (tertiary/aromatic N) is 3. The van der Waals surface area contributed by atoms with Crippen molar-refractivity contribution in [2.24, 2.45) is 11.5 Å². The van der Waals surface area contributed by atoms with Crippen molar-refractivity contribution in [3.05, 3.63) is 33.9 Å². The second-order valence-electron chi connectivity index (χ2n) is 6.28. The molecule has 1 aliphatic rings. The van der Waals surface area contributed by atoms with E-state index >= 15 is 0 Å². The molecule has 0 spiro atoms. The Morgan fingerprint density at radius 1 is 1.19 bits per heavy atom. The Morgan fingerprint density at radius 2 is 1.96 bits per heavy atom. The fraction of sp³-hybridized carbons (Fsp3) is 0.353. The van der Waals surface area contributed by atoms with E-state index in [4.69, 9.17) is 40.4 Å². The van der Waals surface area contributed by atoms with Gasteiger partial charge in [-0.1, -0.05) is 35.3 Å². The highest BCUT2D eigenvalue weighted by atomic mass is 35.5. The molecule has 1 aliphatic heterocycles. The van der Waals surface area contributed by atoms with Crippen LogP contribution in [0.5, 0.6) is 0 Å². The van der Waals surface area contributed by atoms with Gasteiger partial charge in [-0.25, -0.2) is 4.98 Å². The first-order valence-corrected chi connectivity index (χ1v) is 9.06. The minimum Gasteiger partial charge on any atom is -0.383 e. The second-order valence-corrected chi connectivity index (χ2v) is 7.06. The summed E-state index contributed by atoms with van der Waals surface area (Å²) < 4.78 is 0. The van der Waals surface area contributed by atoms with E-state index in [0.717, 1.165) is 25.8 Å². The molecule has 1 amide bonds. The van der Waals surface area contributed by atoms with Crippen molar-refractivity contribution in [1.82, 2.24) is 9.97 Å². The topological polar surface area (TPSA) is 124 Å². The van der Waals surface area contributed by atoms with Gasteiger partial charge in [0.05, 0.1) is 15.6 Å². The molecule has 1 saturated heterocycles. The molecule has 1 fully saturated rings. The highest BCUT2D eigenvalue weighted by Gasteiger charge is 2.24. The Labute approximate surface area is 161 Å². The number of rotatable bonds is 3. The first kappa shape index (κ1) is 18.7. The summed E-state index contributed by atoms with van der Waals surface area (Å²) in [6.45, 7) is 1.43. The predicted octanol–water partition coefficient (Wildman–Crippen LogP) is 2.45. The Balaban J connectivity index is 2.10. The van der Waals surface area contributed by atoms with Gasteiger partial charge in [0, 0.05) is 24.7 Å². The van der Waals surface area contributed by atoms with E-state index in [2.05, 4.69) is 9.97 Å². The zero-order chi connectivity index (χ0) is 18.8. The van der Waals surface area contributed by atoms with Crippen LogP contribution in [-0.4, -0.2) is 35.0 Å².